The number of para-hydroxylation sites is 1. The van der Waals surface area contributed by atoms with Crippen LogP contribution >= 0.6 is 0 Å². The van der Waals surface area contributed by atoms with Gasteiger partial charge in [-0.2, -0.15) is 0 Å². The van der Waals surface area contributed by atoms with Crippen LogP contribution in [0.15, 0.2) is 48.5 Å². The third-order valence-corrected chi connectivity index (χ3v) is 3.45. The molecule has 0 bridgehead atoms. The summed E-state index contributed by atoms with van der Waals surface area (Å²) in [5, 5.41) is 3.25. The quantitative estimate of drug-likeness (QED) is 0.861. The lowest BCUT2D eigenvalue weighted by atomic mass is 10.2. The Balaban J connectivity index is 2.08. The normalized spacial score (nSPS) is 11.0. The third-order valence-electron chi connectivity index (χ3n) is 2.84. The molecule has 0 saturated heterocycles. The van der Waals surface area contributed by atoms with E-state index in [4.69, 9.17) is 4.74 Å². The van der Waals surface area contributed by atoms with Gasteiger partial charge in [-0.05, 0) is 24.3 Å². The molecule has 2 aromatic rings. The van der Waals surface area contributed by atoms with Crippen LogP contribution < -0.4 is 14.8 Å². The van der Waals surface area contributed by atoms with Crippen molar-refractivity contribution in [2.45, 2.75) is 6.54 Å². The molecule has 112 valence electrons. The number of sulfonamides is 1. The van der Waals surface area contributed by atoms with E-state index in [9.17, 15) is 8.42 Å². The molecule has 0 amide bonds. The number of hydrogen-bond acceptors (Lipinski definition) is 4. The maximum atomic E-state index is 11.2. The molecule has 2 rings (SSSR count). The molecule has 0 fully saturated rings. The topological polar surface area (TPSA) is 67.4 Å². The minimum Gasteiger partial charge on any atom is -0.496 e. The molecule has 0 radical (unpaired) electrons. The van der Waals surface area contributed by atoms with E-state index >= 15 is 0 Å². The second kappa shape index (κ2) is 6.49. The van der Waals surface area contributed by atoms with E-state index < -0.39 is 10.0 Å². The smallest absolute Gasteiger partial charge is 0.229 e. The first kappa shape index (κ1) is 15.2. The Labute approximate surface area is 125 Å². The monoisotopic (exact) mass is 306 g/mol. The molecule has 0 aromatic heterocycles. The zero-order chi connectivity index (χ0) is 15.3. The minimum absolute atomic E-state index is 0.530. The van der Waals surface area contributed by atoms with Gasteiger partial charge in [-0.1, -0.05) is 24.3 Å². The second-order valence-corrected chi connectivity index (χ2v) is 6.37. The predicted octanol–water partition coefficient (Wildman–Crippen LogP) is 2.68. The van der Waals surface area contributed by atoms with Crippen molar-refractivity contribution in [3.63, 3.8) is 0 Å². The van der Waals surface area contributed by atoms with Crippen LogP contribution in [0.25, 0.3) is 0 Å². The summed E-state index contributed by atoms with van der Waals surface area (Å²) < 4.78 is 30.2. The molecule has 0 spiro atoms. The number of rotatable bonds is 6. The fourth-order valence-corrected chi connectivity index (χ4v) is 2.51. The number of ether oxygens (including phenoxy) is 1. The average molecular weight is 306 g/mol. The lowest BCUT2D eigenvalue weighted by Crippen LogP contribution is -2.09. The Kier molecular flexibility index (Phi) is 4.70. The standard InChI is InChI=1S/C15H18N2O3S/c1-20-15-9-4-3-6-12(15)11-16-13-7-5-8-14(10-13)17-21(2,18)19/h3-10,16-17H,11H2,1-2H3. The van der Waals surface area contributed by atoms with E-state index in [2.05, 4.69) is 10.0 Å². The van der Waals surface area contributed by atoms with Gasteiger partial charge in [0.25, 0.3) is 0 Å². The number of methoxy groups -OCH3 is 1. The van der Waals surface area contributed by atoms with Crippen molar-refractivity contribution in [1.29, 1.82) is 0 Å². The first-order chi connectivity index (χ1) is 9.98. The van der Waals surface area contributed by atoms with Gasteiger partial charge in [-0.3, -0.25) is 4.72 Å². The number of nitrogens with one attached hydrogen (secondary N) is 2. The largest absolute Gasteiger partial charge is 0.496 e. The molecule has 2 N–H and O–H groups in total. The van der Waals surface area contributed by atoms with Crippen LogP contribution in [0.4, 0.5) is 11.4 Å². The van der Waals surface area contributed by atoms with Crippen LogP contribution in [-0.2, 0) is 16.6 Å². The molecule has 0 aliphatic rings. The highest BCUT2D eigenvalue weighted by molar-refractivity contribution is 7.92. The molecule has 0 aliphatic carbocycles. The van der Waals surface area contributed by atoms with E-state index in [1.807, 2.05) is 30.3 Å². The van der Waals surface area contributed by atoms with Crippen LogP contribution in [0.3, 0.4) is 0 Å². The Morgan fingerprint density at radius 1 is 1.05 bits per heavy atom. The first-order valence-corrected chi connectivity index (χ1v) is 8.31. The fraction of sp³-hybridized carbons (Fsp3) is 0.200. The SMILES string of the molecule is COc1ccccc1CNc1cccc(NS(C)(=O)=O)c1. The lowest BCUT2D eigenvalue weighted by molar-refractivity contribution is 0.410. The summed E-state index contributed by atoms with van der Waals surface area (Å²) in [7, 11) is -1.64. The zero-order valence-electron chi connectivity index (χ0n) is 12.0. The molecular weight excluding hydrogens is 288 g/mol. The van der Waals surface area contributed by atoms with Crippen molar-refractivity contribution in [2.24, 2.45) is 0 Å². The second-order valence-electron chi connectivity index (χ2n) is 4.62. The van der Waals surface area contributed by atoms with E-state index in [1.54, 1.807) is 25.3 Å². The maximum Gasteiger partial charge on any atom is 0.229 e. The van der Waals surface area contributed by atoms with Crippen molar-refractivity contribution in [3.8, 4) is 5.75 Å². The van der Waals surface area contributed by atoms with Gasteiger partial charge in [0.15, 0.2) is 0 Å². The Morgan fingerprint density at radius 3 is 2.48 bits per heavy atom. The summed E-state index contributed by atoms with van der Waals surface area (Å²) in [6.45, 7) is 0.590. The van der Waals surface area contributed by atoms with E-state index in [0.29, 0.717) is 12.2 Å². The van der Waals surface area contributed by atoms with Crippen molar-refractivity contribution >= 4 is 21.4 Å². The van der Waals surface area contributed by atoms with Crippen LogP contribution in [0.2, 0.25) is 0 Å². The summed E-state index contributed by atoms with van der Waals surface area (Å²) >= 11 is 0. The Hall–Kier alpha value is -2.21. The zero-order valence-corrected chi connectivity index (χ0v) is 12.8. The molecule has 6 heteroatoms. The van der Waals surface area contributed by atoms with Crippen molar-refractivity contribution < 1.29 is 13.2 Å². The molecule has 2 aromatic carbocycles. The molecular formula is C15H18N2O3S. The highest BCUT2D eigenvalue weighted by Gasteiger charge is 2.04. The third kappa shape index (κ3) is 4.68. The van der Waals surface area contributed by atoms with Crippen LogP contribution in [-0.4, -0.2) is 21.8 Å². The van der Waals surface area contributed by atoms with Crippen molar-refractivity contribution in [1.82, 2.24) is 0 Å². The summed E-state index contributed by atoms with van der Waals surface area (Å²) in [5.41, 5.74) is 2.39. The fourth-order valence-electron chi connectivity index (χ4n) is 1.95. The average Bonchev–Trinajstić information content (AvgIpc) is 2.44. The molecule has 0 unspecified atom stereocenters. The molecule has 0 atom stereocenters. The molecule has 0 saturated carbocycles. The Bertz CT molecular complexity index is 714. The van der Waals surface area contributed by atoms with Gasteiger partial charge in [-0.25, -0.2) is 8.42 Å². The van der Waals surface area contributed by atoms with Crippen molar-refractivity contribution in [3.05, 3.63) is 54.1 Å². The van der Waals surface area contributed by atoms with Gasteiger partial charge in [0, 0.05) is 17.8 Å². The van der Waals surface area contributed by atoms with E-state index in [-0.39, 0.29) is 0 Å². The number of hydrogen-bond donors (Lipinski definition) is 2. The Morgan fingerprint density at radius 2 is 1.76 bits per heavy atom. The van der Waals surface area contributed by atoms with Gasteiger partial charge in [-0.15, -0.1) is 0 Å². The number of benzene rings is 2. The van der Waals surface area contributed by atoms with Crippen LogP contribution in [0.1, 0.15) is 5.56 Å². The predicted molar refractivity (Wildman–Crippen MR) is 85.2 cm³/mol. The summed E-state index contributed by atoms with van der Waals surface area (Å²) in [5.74, 6) is 0.815. The van der Waals surface area contributed by atoms with Gasteiger partial charge >= 0.3 is 0 Å². The minimum atomic E-state index is -3.27. The number of anilines is 2. The molecule has 0 aliphatic heterocycles. The van der Waals surface area contributed by atoms with Gasteiger partial charge in [0.05, 0.1) is 19.1 Å². The van der Waals surface area contributed by atoms with Gasteiger partial charge in [0.2, 0.25) is 10.0 Å². The van der Waals surface area contributed by atoms with Gasteiger partial charge < -0.3 is 10.1 Å². The van der Waals surface area contributed by atoms with Gasteiger partial charge in [0.1, 0.15) is 5.75 Å². The van der Waals surface area contributed by atoms with E-state index in [0.717, 1.165) is 23.3 Å². The summed E-state index contributed by atoms with van der Waals surface area (Å²) in [6, 6.07) is 14.9. The molecule has 0 heterocycles. The highest BCUT2D eigenvalue weighted by atomic mass is 32.2. The highest BCUT2D eigenvalue weighted by Crippen LogP contribution is 2.20. The summed E-state index contributed by atoms with van der Waals surface area (Å²) in [6.07, 6.45) is 1.13. The summed E-state index contributed by atoms with van der Waals surface area (Å²) in [4.78, 5) is 0. The van der Waals surface area contributed by atoms with E-state index in [1.165, 1.54) is 0 Å². The van der Waals surface area contributed by atoms with Crippen LogP contribution in [0, 0.1) is 0 Å². The molecule has 5 nitrogen and oxygen atoms in total. The van der Waals surface area contributed by atoms with Crippen molar-refractivity contribution in [2.75, 3.05) is 23.4 Å². The maximum absolute atomic E-state index is 11.2. The molecule has 21 heavy (non-hydrogen) atoms. The van der Waals surface area contributed by atoms with Crippen LogP contribution in [0.5, 0.6) is 5.75 Å². The lowest BCUT2D eigenvalue weighted by Gasteiger charge is -2.11. The first-order valence-electron chi connectivity index (χ1n) is 6.41.